The Morgan fingerprint density at radius 3 is 2.83 bits per heavy atom. The smallest absolute Gasteiger partial charge is 0.255 e. The molecule has 0 radical (unpaired) electrons. The van der Waals surface area contributed by atoms with Crippen LogP contribution in [0.25, 0.3) is 0 Å². The van der Waals surface area contributed by atoms with Crippen molar-refractivity contribution in [1.82, 2.24) is 5.32 Å². The molecule has 0 saturated carbocycles. The number of ether oxygens (including phenoxy) is 1. The molecule has 4 nitrogen and oxygen atoms in total. The summed E-state index contributed by atoms with van der Waals surface area (Å²) in [5, 5.41) is 12.4. The van der Waals surface area contributed by atoms with E-state index in [1.807, 2.05) is 20.8 Å². The van der Waals surface area contributed by atoms with Crippen LogP contribution in [0.2, 0.25) is 0 Å². The van der Waals surface area contributed by atoms with Gasteiger partial charge in [-0.1, -0.05) is 11.6 Å². The Labute approximate surface area is 108 Å². The highest BCUT2D eigenvalue weighted by atomic mass is 16.5. The lowest BCUT2D eigenvalue weighted by molar-refractivity contribution is 0.0757. The Morgan fingerprint density at radius 1 is 1.44 bits per heavy atom. The number of phenolic OH excluding ortho intramolecular Hbond substituents is 1. The molecule has 0 aliphatic carbocycles. The molecule has 0 spiro atoms. The number of benzene rings is 1. The van der Waals surface area contributed by atoms with Gasteiger partial charge in [-0.2, -0.15) is 0 Å². The third-order valence-corrected chi connectivity index (χ3v) is 2.45. The summed E-state index contributed by atoms with van der Waals surface area (Å²) in [6.45, 7) is 7.00. The van der Waals surface area contributed by atoms with E-state index in [2.05, 4.69) is 5.32 Å². The lowest BCUT2D eigenvalue weighted by Gasteiger charge is -2.09. The fraction of sp³-hybridized carbons (Fsp3) is 0.500. The van der Waals surface area contributed by atoms with Crippen molar-refractivity contribution in [2.24, 2.45) is 0 Å². The minimum atomic E-state index is -0.249. The van der Waals surface area contributed by atoms with Gasteiger partial charge in [0.05, 0.1) is 11.7 Å². The molecule has 1 amide bonds. The van der Waals surface area contributed by atoms with Crippen molar-refractivity contribution < 1.29 is 14.6 Å². The van der Waals surface area contributed by atoms with Gasteiger partial charge in [-0.05, 0) is 39.3 Å². The van der Waals surface area contributed by atoms with E-state index in [1.165, 1.54) is 6.07 Å². The summed E-state index contributed by atoms with van der Waals surface area (Å²) in [5.41, 5.74) is 1.26. The molecule has 4 heteroatoms. The van der Waals surface area contributed by atoms with E-state index in [0.717, 1.165) is 12.0 Å². The molecule has 1 aromatic carbocycles. The Hall–Kier alpha value is -1.55. The van der Waals surface area contributed by atoms with Crippen molar-refractivity contribution >= 4 is 5.91 Å². The number of carbonyl (C=O) groups excluding carboxylic acids is 1. The molecule has 2 N–H and O–H groups in total. The number of hydrogen-bond acceptors (Lipinski definition) is 3. The Bertz CT molecular complexity index is 402. The van der Waals surface area contributed by atoms with Gasteiger partial charge in [-0.25, -0.2) is 0 Å². The molecule has 0 fully saturated rings. The highest BCUT2D eigenvalue weighted by Gasteiger charge is 2.10. The second-order valence-electron chi connectivity index (χ2n) is 4.55. The predicted molar refractivity (Wildman–Crippen MR) is 70.9 cm³/mol. The van der Waals surface area contributed by atoms with E-state index >= 15 is 0 Å². The van der Waals surface area contributed by atoms with E-state index in [-0.39, 0.29) is 17.8 Å². The molecular weight excluding hydrogens is 230 g/mol. The van der Waals surface area contributed by atoms with Crippen LogP contribution in [0.15, 0.2) is 18.2 Å². The molecular formula is C14H21NO3. The standard InChI is InChI=1S/C14H21NO3/c1-10(2)18-8-4-7-15-14(17)12-9-11(3)5-6-13(12)16/h5-6,9-10,16H,4,7-8H2,1-3H3,(H,15,17). The average Bonchev–Trinajstić information content (AvgIpc) is 2.31. The fourth-order valence-corrected chi connectivity index (χ4v) is 1.52. The minimum Gasteiger partial charge on any atom is -0.507 e. The monoisotopic (exact) mass is 251 g/mol. The van der Waals surface area contributed by atoms with Gasteiger partial charge in [-0.3, -0.25) is 4.79 Å². The summed E-state index contributed by atoms with van der Waals surface area (Å²) in [6, 6.07) is 4.98. The van der Waals surface area contributed by atoms with Crippen molar-refractivity contribution in [1.29, 1.82) is 0 Å². The SMILES string of the molecule is Cc1ccc(O)c(C(=O)NCCCOC(C)C)c1. The quantitative estimate of drug-likeness (QED) is 0.762. The lowest BCUT2D eigenvalue weighted by Crippen LogP contribution is -2.25. The molecule has 0 atom stereocenters. The molecule has 1 aromatic rings. The number of nitrogens with one attached hydrogen (secondary N) is 1. The first kappa shape index (κ1) is 14.5. The second kappa shape index (κ2) is 7.01. The van der Waals surface area contributed by atoms with Gasteiger partial charge in [0.1, 0.15) is 5.75 Å². The van der Waals surface area contributed by atoms with E-state index in [4.69, 9.17) is 4.74 Å². The molecule has 1 rings (SSSR count). The Balaban J connectivity index is 2.39. The number of hydrogen-bond donors (Lipinski definition) is 2. The average molecular weight is 251 g/mol. The summed E-state index contributed by atoms with van der Waals surface area (Å²) in [6.07, 6.45) is 0.970. The van der Waals surface area contributed by atoms with Crippen LogP contribution in [-0.2, 0) is 4.74 Å². The van der Waals surface area contributed by atoms with Crippen molar-refractivity contribution in [3.05, 3.63) is 29.3 Å². The van der Waals surface area contributed by atoms with Crippen LogP contribution in [0.3, 0.4) is 0 Å². The summed E-state index contributed by atoms with van der Waals surface area (Å²) in [5.74, 6) is -0.239. The van der Waals surface area contributed by atoms with Gasteiger partial charge >= 0.3 is 0 Å². The number of aromatic hydroxyl groups is 1. The van der Waals surface area contributed by atoms with Crippen LogP contribution in [0.1, 0.15) is 36.2 Å². The molecule has 0 heterocycles. The first-order valence-corrected chi connectivity index (χ1v) is 6.20. The summed E-state index contributed by atoms with van der Waals surface area (Å²) in [7, 11) is 0. The molecule has 18 heavy (non-hydrogen) atoms. The van der Waals surface area contributed by atoms with Crippen molar-refractivity contribution in [3.8, 4) is 5.75 Å². The minimum absolute atomic E-state index is 0.0107. The van der Waals surface area contributed by atoms with Crippen LogP contribution < -0.4 is 5.32 Å². The van der Waals surface area contributed by atoms with Crippen LogP contribution >= 0.6 is 0 Å². The highest BCUT2D eigenvalue weighted by molar-refractivity contribution is 5.96. The predicted octanol–water partition coefficient (Wildman–Crippen LogP) is 2.25. The van der Waals surface area contributed by atoms with Gasteiger partial charge < -0.3 is 15.2 Å². The van der Waals surface area contributed by atoms with E-state index < -0.39 is 0 Å². The molecule has 0 aliphatic heterocycles. The molecule has 0 saturated heterocycles. The Morgan fingerprint density at radius 2 is 2.17 bits per heavy atom. The first-order valence-electron chi connectivity index (χ1n) is 6.20. The van der Waals surface area contributed by atoms with E-state index in [9.17, 15) is 9.90 Å². The van der Waals surface area contributed by atoms with Crippen LogP contribution in [0.5, 0.6) is 5.75 Å². The van der Waals surface area contributed by atoms with E-state index in [0.29, 0.717) is 18.7 Å². The molecule has 0 unspecified atom stereocenters. The maximum atomic E-state index is 11.8. The second-order valence-corrected chi connectivity index (χ2v) is 4.55. The van der Waals surface area contributed by atoms with Crippen molar-refractivity contribution in [2.75, 3.05) is 13.2 Å². The maximum absolute atomic E-state index is 11.8. The largest absolute Gasteiger partial charge is 0.507 e. The zero-order valence-electron chi connectivity index (χ0n) is 11.2. The van der Waals surface area contributed by atoms with Gasteiger partial charge in [0.2, 0.25) is 0 Å². The highest BCUT2D eigenvalue weighted by Crippen LogP contribution is 2.17. The molecule has 0 aromatic heterocycles. The van der Waals surface area contributed by atoms with Gasteiger partial charge in [0.25, 0.3) is 5.91 Å². The third-order valence-electron chi connectivity index (χ3n) is 2.45. The first-order chi connectivity index (χ1) is 8.50. The lowest BCUT2D eigenvalue weighted by atomic mass is 10.1. The zero-order chi connectivity index (χ0) is 13.5. The van der Waals surface area contributed by atoms with Gasteiger partial charge in [0.15, 0.2) is 0 Å². The third kappa shape index (κ3) is 4.75. The topological polar surface area (TPSA) is 58.6 Å². The normalized spacial score (nSPS) is 10.7. The summed E-state index contributed by atoms with van der Waals surface area (Å²) >= 11 is 0. The number of aryl methyl sites for hydroxylation is 1. The number of amides is 1. The summed E-state index contributed by atoms with van der Waals surface area (Å²) < 4.78 is 5.37. The molecule has 100 valence electrons. The number of phenols is 1. The van der Waals surface area contributed by atoms with E-state index in [1.54, 1.807) is 12.1 Å². The van der Waals surface area contributed by atoms with Gasteiger partial charge in [-0.15, -0.1) is 0 Å². The number of carbonyl (C=O) groups is 1. The van der Waals surface area contributed by atoms with Crippen molar-refractivity contribution in [3.63, 3.8) is 0 Å². The molecule has 0 bridgehead atoms. The molecule has 0 aliphatic rings. The maximum Gasteiger partial charge on any atom is 0.255 e. The Kier molecular flexibility index (Phi) is 5.65. The van der Waals surface area contributed by atoms with Crippen LogP contribution in [0.4, 0.5) is 0 Å². The fourth-order valence-electron chi connectivity index (χ4n) is 1.52. The number of rotatable bonds is 6. The van der Waals surface area contributed by atoms with Crippen molar-refractivity contribution in [2.45, 2.75) is 33.3 Å². The van der Waals surface area contributed by atoms with Crippen LogP contribution in [0, 0.1) is 6.92 Å². The summed E-state index contributed by atoms with van der Waals surface area (Å²) in [4.78, 5) is 11.8. The zero-order valence-corrected chi connectivity index (χ0v) is 11.2. The van der Waals surface area contributed by atoms with Crippen LogP contribution in [-0.4, -0.2) is 30.3 Å². The van der Waals surface area contributed by atoms with Gasteiger partial charge in [0, 0.05) is 13.2 Å².